The number of hydrogen-bond donors (Lipinski definition) is 4. The van der Waals surface area contributed by atoms with E-state index in [-0.39, 0.29) is 19.3 Å². The Morgan fingerprint density at radius 2 is 2.02 bits per heavy atom. The molecule has 2 aliphatic heterocycles. The summed E-state index contributed by atoms with van der Waals surface area (Å²) in [7, 11) is 4.20. The van der Waals surface area contributed by atoms with Crippen LogP contribution in [0.15, 0.2) is 49.2 Å². The third-order valence-electron chi connectivity index (χ3n) is 8.40. The van der Waals surface area contributed by atoms with E-state index in [9.17, 15) is 9.90 Å². The van der Waals surface area contributed by atoms with Crippen molar-refractivity contribution in [2.75, 3.05) is 56.3 Å². The van der Waals surface area contributed by atoms with E-state index in [2.05, 4.69) is 51.4 Å². The molecule has 3 aromatic rings. The molecule has 2 unspecified atom stereocenters. The van der Waals surface area contributed by atoms with Gasteiger partial charge in [0.15, 0.2) is 6.29 Å². The van der Waals surface area contributed by atoms with E-state index in [0.717, 1.165) is 71.8 Å². The standard InChI is InChI=1S/C33H38ClN7O3/c1-20-32(29(7-10-36-20)37-17-25(43)19-44-26-6-5-22(16-35)28(34)14-26)33-38-30-13-23(18-42)27(15-31(30)39-33)21(2)41(4)24-8-11-40(3)12-9-24/h5-7,10,13-15,18,24-25,33,38-39,43H,2,8-9,11-12,17,19H2,1,3-4H3,(H,36,37). The zero-order valence-corrected chi connectivity index (χ0v) is 26.0. The zero-order chi connectivity index (χ0) is 31.4. The Morgan fingerprint density at radius 1 is 1.30 bits per heavy atom. The summed E-state index contributed by atoms with van der Waals surface area (Å²) in [5, 5.41) is 30.4. The second kappa shape index (κ2) is 13.6. The number of rotatable bonds is 11. The Morgan fingerprint density at radius 3 is 2.70 bits per heavy atom. The van der Waals surface area contributed by atoms with Crippen LogP contribution in [0.4, 0.5) is 17.1 Å². The fraction of sp³-hybridized carbons (Fsp3) is 0.364. The number of carbonyl (C=O) groups excluding carboxylic acids is 1. The van der Waals surface area contributed by atoms with Crippen LogP contribution in [0.1, 0.15) is 51.7 Å². The lowest BCUT2D eigenvalue weighted by molar-refractivity contribution is 0.112. The molecule has 1 aromatic heterocycles. The average molecular weight is 616 g/mol. The van der Waals surface area contributed by atoms with Crippen molar-refractivity contribution in [2.24, 2.45) is 0 Å². The first-order valence-electron chi connectivity index (χ1n) is 14.6. The second-order valence-electron chi connectivity index (χ2n) is 11.4. The van der Waals surface area contributed by atoms with Gasteiger partial charge in [-0.1, -0.05) is 18.2 Å². The van der Waals surface area contributed by atoms with Crippen LogP contribution in [0, 0.1) is 18.3 Å². The summed E-state index contributed by atoms with van der Waals surface area (Å²) in [6.45, 7) is 8.65. The van der Waals surface area contributed by atoms with E-state index in [4.69, 9.17) is 21.6 Å². The van der Waals surface area contributed by atoms with Crippen LogP contribution >= 0.6 is 11.6 Å². The van der Waals surface area contributed by atoms with Gasteiger partial charge in [-0.3, -0.25) is 9.78 Å². The molecule has 4 N–H and O–H groups in total. The first-order valence-corrected chi connectivity index (χ1v) is 15.0. The molecule has 3 heterocycles. The highest BCUT2D eigenvalue weighted by molar-refractivity contribution is 6.31. The number of fused-ring (bicyclic) bond motifs is 1. The maximum atomic E-state index is 12.2. The summed E-state index contributed by atoms with van der Waals surface area (Å²) >= 11 is 6.09. The van der Waals surface area contributed by atoms with Gasteiger partial charge in [0.05, 0.1) is 22.0 Å². The third-order valence-corrected chi connectivity index (χ3v) is 8.71. The SMILES string of the molecule is C=C(c1cc2c(cc1C=O)NC(c1c(NCC(O)COc3ccc(C#N)c(Cl)c3)ccnc1C)N2)N(C)C1CCN(C)CC1. The molecule has 0 radical (unpaired) electrons. The van der Waals surface area contributed by atoms with Gasteiger partial charge in [0.2, 0.25) is 0 Å². The van der Waals surface area contributed by atoms with Crippen molar-refractivity contribution in [1.29, 1.82) is 5.26 Å². The van der Waals surface area contributed by atoms with Crippen molar-refractivity contribution < 1.29 is 14.6 Å². The van der Waals surface area contributed by atoms with Gasteiger partial charge < -0.3 is 35.6 Å². The van der Waals surface area contributed by atoms with E-state index in [1.165, 1.54) is 0 Å². The number of aliphatic hydroxyl groups excluding tert-OH is 1. The highest BCUT2D eigenvalue weighted by Gasteiger charge is 2.29. The number of halogens is 1. The Bertz CT molecular complexity index is 1580. The number of nitrogens with one attached hydrogen (secondary N) is 3. The normalized spacial score (nSPS) is 17.0. The monoisotopic (exact) mass is 615 g/mol. The van der Waals surface area contributed by atoms with Crippen molar-refractivity contribution in [3.63, 3.8) is 0 Å². The van der Waals surface area contributed by atoms with E-state index in [1.807, 2.05) is 31.2 Å². The zero-order valence-electron chi connectivity index (χ0n) is 25.2. The summed E-state index contributed by atoms with van der Waals surface area (Å²) in [4.78, 5) is 21.2. The quantitative estimate of drug-likeness (QED) is 0.216. The lowest BCUT2D eigenvalue weighted by Crippen LogP contribution is -2.41. The van der Waals surface area contributed by atoms with Crippen molar-refractivity contribution in [3.05, 3.63) is 82.1 Å². The van der Waals surface area contributed by atoms with Gasteiger partial charge in [-0.25, -0.2) is 0 Å². The fourth-order valence-corrected chi connectivity index (χ4v) is 5.95. The van der Waals surface area contributed by atoms with Gasteiger partial charge in [0.1, 0.15) is 30.7 Å². The topological polar surface area (TPSA) is 126 Å². The molecule has 230 valence electrons. The number of benzene rings is 2. The van der Waals surface area contributed by atoms with Crippen LogP contribution in [-0.2, 0) is 0 Å². The van der Waals surface area contributed by atoms with E-state index in [1.54, 1.807) is 24.4 Å². The number of aryl methyl sites for hydroxylation is 1. The number of aldehydes is 1. The fourth-order valence-electron chi connectivity index (χ4n) is 5.74. The largest absolute Gasteiger partial charge is 0.491 e. The number of piperidine rings is 1. The maximum Gasteiger partial charge on any atom is 0.150 e. The van der Waals surface area contributed by atoms with Crippen LogP contribution < -0.4 is 20.7 Å². The number of nitrogens with zero attached hydrogens (tertiary/aromatic N) is 4. The first-order chi connectivity index (χ1) is 21.2. The van der Waals surface area contributed by atoms with Crippen molar-refractivity contribution in [1.82, 2.24) is 14.8 Å². The van der Waals surface area contributed by atoms with Gasteiger partial charge >= 0.3 is 0 Å². The summed E-state index contributed by atoms with van der Waals surface area (Å²) in [6, 6.07) is 12.9. The minimum Gasteiger partial charge on any atom is -0.491 e. The lowest BCUT2D eigenvalue weighted by atomic mass is 9.99. The average Bonchev–Trinajstić information content (AvgIpc) is 3.44. The second-order valence-corrected chi connectivity index (χ2v) is 11.8. The Hall–Kier alpha value is -4.30. The number of hydrogen-bond acceptors (Lipinski definition) is 10. The highest BCUT2D eigenvalue weighted by atomic mass is 35.5. The number of anilines is 3. The molecule has 2 aromatic carbocycles. The molecule has 0 spiro atoms. The first kappa shape index (κ1) is 31.1. The van der Waals surface area contributed by atoms with Crippen molar-refractivity contribution in [3.8, 4) is 11.8 Å². The summed E-state index contributed by atoms with van der Waals surface area (Å²) in [6.07, 6.45) is 3.57. The van der Waals surface area contributed by atoms with E-state index >= 15 is 0 Å². The molecular weight excluding hydrogens is 578 g/mol. The van der Waals surface area contributed by atoms with Crippen LogP contribution in [0.25, 0.3) is 5.70 Å². The summed E-state index contributed by atoms with van der Waals surface area (Å²) in [5.74, 6) is 0.472. The van der Waals surface area contributed by atoms with Gasteiger partial charge in [0, 0.05) is 65.7 Å². The number of carbonyl (C=O) groups is 1. The van der Waals surface area contributed by atoms with Crippen LogP contribution in [0.2, 0.25) is 5.02 Å². The number of likely N-dealkylation sites (tertiary alicyclic amines) is 1. The predicted molar refractivity (Wildman–Crippen MR) is 174 cm³/mol. The minimum atomic E-state index is -0.822. The van der Waals surface area contributed by atoms with E-state index in [0.29, 0.717) is 27.9 Å². The number of aliphatic hydroxyl groups is 1. The summed E-state index contributed by atoms with van der Waals surface area (Å²) in [5.41, 5.74) is 6.78. The minimum absolute atomic E-state index is 0.0349. The molecule has 1 saturated heterocycles. The number of nitriles is 1. The molecule has 0 amide bonds. The van der Waals surface area contributed by atoms with Crippen molar-refractivity contribution in [2.45, 2.75) is 38.1 Å². The van der Waals surface area contributed by atoms with Crippen LogP contribution in [-0.4, -0.2) is 78.7 Å². The molecule has 0 bridgehead atoms. The molecule has 1 fully saturated rings. The van der Waals surface area contributed by atoms with Gasteiger partial charge in [-0.05, 0) is 70.2 Å². The molecule has 2 atom stereocenters. The predicted octanol–water partition coefficient (Wildman–Crippen LogP) is 5.11. The molecule has 0 aliphatic carbocycles. The third kappa shape index (κ3) is 6.76. The number of pyridine rings is 1. The van der Waals surface area contributed by atoms with Crippen molar-refractivity contribution >= 4 is 40.6 Å². The highest BCUT2D eigenvalue weighted by Crippen LogP contribution is 2.41. The van der Waals surface area contributed by atoms with Gasteiger partial charge in [-0.15, -0.1) is 0 Å². The Balaban J connectivity index is 1.27. The molecule has 44 heavy (non-hydrogen) atoms. The number of ether oxygens (including phenoxy) is 1. The lowest BCUT2D eigenvalue weighted by Gasteiger charge is -2.37. The summed E-state index contributed by atoms with van der Waals surface area (Å²) < 4.78 is 5.68. The van der Waals surface area contributed by atoms with E-state index < -0.39 is 6.10 Å². The molecule has 5 rings (SSSR count). The van der Waals surface area contributed by atoms with Gasteiger partial charge in [-0.2, -0.15) is 5.26 Å². The van der Waals surface area contributed by atoms with Gasteiger partial charge in [0.25, 0.3) is 0 Å². The molecular formula is C33H38ClN7O3. The number of aromatic nitrogens is 1. The molecule has 2 aliphatic rings. The smallest absolute Gasteiger partial charge is 0.150 e. The van der Waals surface area contributed by atoms with Crippen LogP contribution in [0.3, 0.4) is 0 Å². The molecule has 11 heteroatoms. The Kier molecular flexibility index (Phi) is 9.59. The molecule has 10 nitrogen and oxygen atoms in total. The maximum absolute atomic E-state index is 12.2. The Labute approximate surface area is 263 Å². The van der Waals surface area contributed by atoms with Crippen LogP contribution in [0.5, 0.6) is 5.75 Å². The molecule has 0 saturated carbocycles.